The molecule has 7 nitrogen and oxygen atoms in total. The van der Waals surface area contributed by atoms with Gasteiger partial charge in [0.05, 0.1) is 19.8 Å². The van der Waals surface area contributed by atoms with Gasteiger partial charge < -0.3 is 24.8 Å². The number of hydrogen-bond donors (Lipinski definition) is 2. The van der Waals surface area contributed by atoms with Crippen LogP contribution < -0.4 is 10.6 Å². The van der Waals surface area contributed by atoms with E-state index in [1.54, 1.807) is 6.92 Å². The molecule has 0 saturated carbocycles. The molecule has 0 fully saturated rings. The zero-order valence-corrected chi connectivity index (χ0v) is 12.4. The molecule has 2 amide bonds. The fourth-order valence-corrected chi connectivity index (χ4v) is 1.31. The molecule has 0 aromatic carbocycles. The summed E-state index contributed by atoms with van der Waals surface area (Å²) in [6.07, 6.45) is 1.14. The second kappa shape index (κ2) is 14.1. The van der Waals surface area contributed by atoms with Crippen LogP contribution in [0.3, 0.4) is 0 Å². The highest BCUT2D eigenvalue weighted by Crippen LogP contribution is 1.86. The average Bonchev–Trinajstić information content (AvgIpc) is 2.40. The fraction of sp³-hybridized carbons (Fsp3) is 0.846. The van der Waals surface area contributed by atoms with Crippen molar-refractivity contribution in [2.75, 3.05) is 46.1 Å². The first kappa shape index (κ1) is 18.7. The highest BCUT2D eigenvalue weighted by atomic mass is 16.5. The summed E-state index contributed by atoms with van der Waals surface area (Å²) in [5.41, 5.74) is 0. The van der Waals surface area contributed by atoms with Gasteiger partial charge in [-0.05, 0) is 19.8 Å². The molecule has 0 bridgehead atoms. The number of hydrogen-bond acceptors (Lipinski definition) is 5. The van der Waals surface area contributed by atoms with E-state index in [1.165, 1.54) is 6.92 Å². The Labute approximate surface area is 120 Å². The molecule has 0 unspecified atom stereocenters. The fourth-order valence-electron chi connectivity index (χ4n) is 1.31. The number of alkyl carbamates (subject to hydrolysis) is 1. The van der Waals surface area contributed by atoms with Gasteiger partial charge in [0, 0.05) is 33.2 Å². The molecule has 0 radical (unpaired) electrons. The van der Waals surface area contributed by atoms with E-state index >= 15 is 0 Å². The summed E-state index contributed by atoms with van der Waals surface area (Å²) in [5, 5.41) is 5.30. The number of nitrogens with one attached hydrogen (secondary N) is 2. The summed E-state index contributed by atoms with van der Waals surface area (Å²) in [5.74, 6) is -0.0234. The van der Waals surface area contributed by atoms with Gasteiger partial charge in [-0.2, -0.15) is 0 Å². The minimum absolute atomic E-state index is 0.0234. The Balaban J connectivity index is 3.06. The van der Waals surface area contributed by atoms with Crippen LogP contribution in [-0.2, 0) is 19.0 Å². The van der Waals surface area contributed by atoms with E-state index in [9.17, 15) is 9.59 Å². The molecule has 0 heterocycles. The molecule has 7 heteroatoms. The van der Waals surface area contributed by atoms with Crippen molar-refractivity contribution in [2.45, 2.75) is 26.7 Å². The van der Waals surface area contributed by atoms with Gasteiger partial charge in [-0.1, -0.05) is 0 Å². The number of carbonyl (C=O) groups excluding carboxylic acids is 2. The minimum atomic E-state index is -0.394. The first-order chi connectivity index (χ1) is 9.66. The van der Waals surface area contributed by atoms with Crippen LogP contribution in [0.1, 0.15) is 26.7 Å². The average molecular weight is 290 g/mol. The third-order valence-corrected chi connectivity index (χ3v) is 2.22. The van der Waals surface area contributed by atoms with Crippen molar-refractivity contribution in [3.63, 3.8) is 0 Å². The molecule has 0 aromatic heterocycles. The maximum absolute atomic E-state index is 10.9. The standard InChI is InChI=1S/C13H26N2O5/c1-3-20-13(17)15-7-5-9-19-11-10-18-8-4-6-14-12(2)16/h3-11H2,1-2H3,(H,14,16)(H,15,17). The molecule has 0 rings (SSSR count). The SMILES string of the molecule is CCOC(=O)NCCCOCCOCCCNC(C)=O. The maximum atomic E-state index is 10.9. The van der Waals surface area contributed by atoms with Gasteiger partial charge in [-0.15, -0.1) is 0 Å². The van der Waals surface area contributed by atoms with E-state index in [0.717, 1.165) is 12.8 Å². The lowest BCUT2D eigenvalue weighted by Crippen LogP contribution is -2.26. The minimum Gasteiger partial charge on any atom is -0.450 e. The van der Waals surface area contributed by atoms with Gasteiger partial charge in [-0.3, -0.25) is 4.79 Å². The lowest BCUT2D eigenvalue weighted by Gasteiger charge is -2.07. The Morgan fingerprint density at radius 2 is 1.45 bits per heavy atom. The predicted molar refractivity (Wildman–Crippen MR) is 74.6 cm³/mol. The number of ether oxygens (including phenoxy) is 3. The summed E-state index contributed by atoms with van der Waals surface area (Å²) >= 11 is 0. The second-order valence-electron chi connectivity index (χ2n) is 4.06. The number of rotatable bonds is 12. The Morgan fingerprint density at radius 1 is 0.900 bits per heavy atom. The van der Waals surface area contributed by atoms with E-state index in [-0.39, 0.29) is 5.91 Å². The molecule has 0 saturated heterocycles. The molecule has 0 aliphatic carbocycles. The Bertz CT molecular complexity index is 261. The van der Waals surface area contributed by atoms with Crippen LogP contribution in [0.4, 0.5) is 4.79 Å². The van der Waals surface area contributed by atoms with Crippen molar-refractivity contribution in [1.82, 2.24) is 10.6 Å². The Kier molecular flexibility index (Phi) is 13.1. The van der Waals surface area contributed by atoms with Crippen molar-refractivity contribution in [3.8, 4) is 0 Å². The highest BCUT2D eigenvalue weighted by molar-refractivity contribution is 5.72. The zero-order chi connectivity index (χ0) is 15.1. The quantitative estimate of drug-likeness (QED) is 0.516. The van der Waals surface area contributed by atoms with Crippen molar-refractivity contribution in [3.05, 3.63) is 0 Å². The molecule has 20 heavy (non-hydrogen) atoms. The molecule has 2 N–H and O–H groups in total. The first-order valence-electron chi connectivity index (χ1n) is 6.97. The smallest absolute Gasteiger partial charge is 0.407 e. The second-order valence-corrected chi connectivity index (χ2v) is 4.06. The van der Waals surface area contributed by atoms with Gasteiger partial charge >= 0.3 is 6.09 Å². The summed E-state index contributed by atoms with van der Waals surface area (Å²) in [6, 6.07) is 0. The van der Waals surface area contributed by atoms with E-state index in [0.29, 0.717) is 46.1 Å². The summed E-state index contributed by atoms with van der Waals surface area (Å²) in [4.78, 5) is 21.5. The van der Waals surface area contributed by atoms with Crippen LogP contribution in [0.2, 0.25) is 0 Å². The molecule has 118 valence electrons. The lowest BCUT2D eigenvalue weighted by molar-refractivity contribution is -0.119. The molecule has 0 aliphatic rings. The molecule has 0 atom stereocenters. The van der Waals surface area contributed by atoms with Crippen molar-refractivity contribution >= 4 is 12.0 Å². The van der Waals surface area contributed by atoms with E-state index in [4.69, 9.17) is 14.2 Å². The van der Waals surface area contributed by atoms with Crippen LogP contribution in [0.15, 0.2) is 0 Å². The molecule has 0 spiro atoms. The molecule has 0 aliphatic heterocycles. The maximum Gasteiger partial charge on any atom is 0.407 e. The van der Waals surface area contributed by atoms with Crippen molar-refractivity contribution < 1.29 is 23.8 Å². The monoisotopic (exact) mass is 290 g/mol. The van der Waals surface area contributed by atoms with E-state index in [1.807, 2.05) is 0 Å². The van der Waals surface area contributed by atoms with Gasteiger partial charge in [-0.25, -0.2) is 4.79 Å². The summed E-state index contributed by atoms with van der Waals surface area (Å²) in [7, 11) is 0. The number of carbonyl (C=O) groups is 2. The van der Waals surface area contributed by atoms with Crippen molar-refractivity contribution in [2.24, 2.45) is 0 Å². The normalized spacial score (nSPS) is 10.1. The highest BCUT2D eigenvalue weighted by Gasteiger charge is 1.98. The van der Waals surface area contributed by atoms with Gasteiger partial charge in [0.1, 0.15) is 0 Å². The predicted octanol–water partition coefficient (Wildman–Crippen LogP) is 0.682. The largest absolute Gasteiger partial charge is 0.450 e. The zero-order valence-electron chi connectivity index (χ0n) is 12.4. The topological polar surface area (TPSA) is 85.9 Å². The van der Waals surface area contributed by atoms with E-state index in [2.05, 4.69) is 10.6 Å². The molecule has 0 aromatic rings. The van der Waals surface area contributed by atoms with Gasteiger partial charge in [0.25, 0.3) is 0 Å². The van der Waals surface area contributed by atoms with Crippen LogP contribution in [0.5, 0.6) is 0 Å². The lowest BCUT2D eigenvalue weighted by atomic mass is 10.4. The van der Waals surface area contributed by atoms with Crippen LogP contribution in [0.25, 0.3) is 0 Å². The van der Waals surface area contributed by atoms with Crippen LogP contribution in [0, 0.1) is 0 Å². The van der Waals surface area contributed by atoms with Gasteiger partial charge in [0.15, 0.2) is 0 Å². The van der Waals surface area contributed by atoms with Crippen LogP contribution in [-0.4, -0.2) is 58.1 Å². The first-order valence-corrected chi connectivity index (χ1v) is 6.97. The Morgan fingerprint density at radius 3 is 1.95 bits per heavy atom. The third-order valence-electron chi connectivity index (χ3n) is 2.22. The van der Waals surface area contributed by atoms with Crippen molar-refractivity contribution in [1.29, 1.82) is 0 Å². The molecular formula is C13H26N2O5. The summed E-state index contributed by atoms with van der Waals surface area (Å²) < 4.78 is 15.4. The van der Waals surface area contributed by atoms with Crippen LogP contribution >= 0.6 is 0 Å². The van der Waals surface area contributed by atoms with Gasteiger partial charge in [0.2, 0.25) is 5.91 Å². The molecular weight excluding hydrogens is 264 g/mol. The van der Waals surface area contributed by atoms with E-state index < -0.39 is 6.09 Å². The number of amides is 2. The summed E-state index contributed by atoms with van der Waals surface area (Å²) in [6.45, 7) is 7.04. The Hall–Kier alpha value is -1.34. The third kappa shape index (κ3) is 14.7.